The molecule has 1 atom stereocenters. The Kier molecular flexibility index (Phi) is 5.57. The second-order valence-corrected chi connectivity index (χ2v) is 7.11. The van der Waals surface area contributed by atoms with Crippen molar-refractivity contribution in [2.24, 2.45) is 0 Å². The van der Waals surface area contributed by atoms with Gasteiger partial charge in [0, 0.05) is 0 Å². The fourth-order valence-corrected chi connectivity index (χ4v) is 2.56. The maximum atomic E-state index is 10.9. The van der Waals surface area contributed by atoms with Gasteiger partial charge >= 0.3 is 0 Å². The maximum Gasteiger partial charge on any atom is 0.267 e. The van der Waals surface area contributed by atoms with Crippen LogP contribution in [-0.4, -0.2) is 18.2 Å². The SMILES string of the molecule is CC(CCCc1ccc(Oc2ccccc2)cc1)S(=O)(=O)O. The van der Waals surface area contributed by atoms with Gasteiger partial charge in [-0.1, -0.05) is 30.3 Å². The molecule has 0 spiro atoms. The molecule has 0 aliphatic heterocycles. The first-order valence-corrected chi connectivity index (χ1v) is 8.73. The molecule has 118 valence electrons. The molecule has 2 aromatic carbocycles. The highest BCUT2D eigenvalue weighted by atomic mass is 32.2. The van der Waals surface area contributed by atoms with Crippen LogP contribution in [0.5, 0.6) is 11.5 Å². The average Bonchev–Trinajstić information content (AvgIpc) is 2.49. The van der Waals surface area contributed by atoms with Crippen molar-refractivity contribution >= 4 is 10.1 Å². The summed E-state index contributed by atoms with van der Waals surface area (Å²) in [6, 6.07) is 17.3. The molecule has 0 bridgehead atoms. The lowest BCUT2D eigenvalue weighted by Gasteiger charge is -2.09. The summed E-state index contributed by atoms with van der Waals surface area (Å²) in [6.45, 7) is 1.52. The Balaban J connectivity index is 1.85. The van der Waals surface area contributed by atoms with Gasteiger partial charge in [-0.3, -0.25) is 4.55 Å². The van der Waals surface area contributed by atoms with Gasteiger partial charge in [-0.05, 0) is 56.0 Å². The Morgan fingerprint density at radius 3 is 2.18 bits per heavy atom. The number of hydrogen-bond acceptors (Lipinski definition) is 3. The van der Waals surface area contributed by atoms with Gasteiger partial charge in [0.15, 0.2) is 0 Å². The van der Waals surface area contributed by atoms with Crippen LogP contribution >= 0.6 is 0 Å². The van der Waals surface area contributed by atoms with Crippen molar-refractivity contribution in [1.82, 2.24) is 0 Å². The molecule has 2 aromatic rings. The second-order valence-electron chi connectivity index (χ2n) is 5.28. The van der Waals surface area contributed by atoms with Gasteiger partial charge in [0.1, 0.15) is 11.5 Å². The minimum absolute atomic E-state index is 0.446. The van der Waals surface area contributed by atoms with Crippen LogP contribution in [0.25, 0.3) is 0 Å². The molecule has 0 radical (unpaired) electrons. The average molecular weight is 320 g/mol. The molecule has 5 heteroatoms. The van der Waals surface area contributed by atoms with Crippen molar-refractivity contribution in [3.8, 4) is 11.5 Å². The molecule has 0 aromatic heterocycles. The highest BCUT2D eigenvalue weighted by molar-refractivity contribution is 7.86. The van der Waals surface area contributed by atoms with Crippen LogP contribution in [0.4, 0.5) is 0 Å². The minimum Gasteiger partial charge on any atom is -0.457 e. The highest BCUT2D eigenvalue weighted by Gasteiger charge is 2.16. The lowest BCUT2D eigenvalue weighted by molar-refractivity contribution is 0.464. The molecule has 0 fully saturated rings. The molecule has 1 unspecified atom stereocenters. The van der Waals surface area contributed by atoms with E-state index in [2.05, 4.69) is 0 Å². The second kappa shape index (κ2) is 7.42. The largest absolute Gasteiger partial charge is 0.457 e. The molecular formula is C17H20O4S. The zero-order valence-corrected chi connectivity index (χ0v) is 13.3. The summed E-state index contributed by atoms with van der Waals surface area (Å²) in [4.78, 5) is 0. The van der Waals surface area contributed by atoms with Gasteiger partial charge in [-0.25, -0.2) is 0 Å². The molecule has 22 heavy (non-hydrogen) atoms. The zero-order chi connectivity index (χ0) is 16.0. The molecular weight excluding hydrogens is 300 g/mol. The fourth-order valence-electron chi connectivity index (χ4n) is 2.09. The molecule has 4 nitrogen and oxygen atoms in total. The normalized spacial score (nSPS) is 12.8. The molecule has 1 N–H and O–H groups in total. The summed E-state index contributed by atoms with van der Waals surface area (Å²) in [5, 5.41) is -0.715. The number of aryl methyl sites for hydroxylation is 1. The Bertz CT molecular complexity index is 678. The van der Waals surface area contributed by atoms with Crippen LogP contribution in [0.2, 0.25) is 0 Å². The van der Waals surface area contributed by atoms with Crippen molar-refractivity contribution in [3.05, 3.63) is 60.2 Å². The Hall–Kier alpha value is -1.85. The fraction of sp³-hybridized carbons (Fsp3) is 0.294. The number of para-hydroxylation sites is 1. The molecule has 0 aliphatic carbocycles. The predicted molar refractivity (Wildman–Crippen MR) is 86.9 cm³/mol. The van der Waals surface area contributed by atoms with E-state index in [9.17, 15) is 8.42 Å². The van der Waals surface area contributed by atoms with Crippen molar-refractivity contribution in [3.63, 3.8) is 0 Å². The van der Waals surface area contributed by atoms with Gasteiger partial charge in [-0.2, -0.15) is 8.42 Å². The van der Waals surface area contributed by atoms with E-state index in [0.29, 0.717) is 12.8 Å². The predicted octanol–water partition coefficient (Wildman–Crippen LogP) is 4.08. The van der Waals surface area contributed by atoms with Gasteiger partial charge in [-0.15, -0.1) is 0 Å². The molecule has 2 rings (SSSR count). The van der Waals surface area contributed by atoms with E-state index >= 15 is 0 Å². The third kappa shape index (κ3) is 5.16. The van der Waals surface area contributed by atoms with Crippen molar-refractivity contribution in [2.75, 3.05) is 0 Å². The first-order valence-electron chi connectivity index (χ1n) is 7.23. The van der Waals surface area contributed by atoms with Crippen LogP contribution in [0, 0.1) is 0 Å². The van der Waals surface area contributed by atoms with E-state index in [4.69, 9.17) is 9.29 Å². The van der Waals surface area contributed by atoms with Crippen LogP contribution in [0.15, 0.2) is 54.6 Å². The van der Waals surface area contributed by atoms with Crippen molar-refractivity contribution in [1.29, 1.82) is 0 Å². The minimum atomic E-state index is -3.92. The summed E-state index contributed by atoms with van der Waals surface area (Å²) in [5.41, 5.74) is 1.11. The number of hydrogen-bond donors (Lipinski definition) is 1. The lowest BCUT2D eigenvalue weighted by atomic mass is 10.1. The Morgan fingerprint density at radius 2 is 1.59 bits per heavy atom. The van der Waals surface area contributed by atoms with E-state index < -0.39 is 15.4 Å². The molecule has 0 aliphatic rings. The van der Waals surface area contributed by atoms with Crippen molar-refractivity contribution in [2.45, 2.75) is 31.4 Å². The zero-order valence-electron chi connectivity index (χ0n) is 12.5. The van der Waals surface area contributed by atoms with Crippen molar-refractivity contribution < 1.29 is 17.7 Å². The third-order valence-corrected chi connectivity index (χ3v) is 4.74. The summed E-state index contributed by atoms with van der Waals surface area (Å²) in [7, 11) is -3.92. The Morgan fingerprint density at radius 1 is 1.00 bits per heavy atom. The van der Waals surface area contributed by atoms with Gasteiger partial charge < -0.3 is 4.74 Å². The van der Waals surface area contributed by atoms with Gasteiger partial charge in [0.2, 0.25) is 0 Å². The van der Waals surface area contributed by atoms with Gasteiger partial charge in [0.25, 0.3) is 10.1 Å². The van der Waals surface area contributed by atoms with E-state index in [0.717, 1.165) is 23.5 Å². The van der Waals surface area contributed by atoms with Crippen LogP contribution < -0.4 is 4.74 Å². The lowest BCUT2D eigenvalue weighted by Crippen LogP contribution is -2.16. The van der Waals surface area contributed by atoms with Crippen LogP contribution in [-0.2, 0) is 16.5 Å². The molecule has 0 saturated heterocycles. The first-order chi connectivity index (χ1) is 10.4. The molecule has 0 heterocycles. The third-order valence-electron chi connectivity index (χ3n) is 3.49. The van der Waals surface area contributed by atoms with Gasteiger partial charge in [0.05, 0.1) is 5.25 Å². The Labute approximate surface area is 131 Å². The number of benzene rings is 2. The summed E-state index contributed by atoms with van der Waals surface area (Å²) < 4.78 is 36.5. The van der Waals surface area contributed by atoms with Crippen LogP contribution in [0.3, 0.4) is 0 Å². The van der Waals surface area contributed by atoms with E-state index in [1.54, 1.807) is 0 Å². The summed E-state index contributed by atoms with van der Waals surface area (Å²) in [6.07, 6.45) is 1.92. The van der Waals surface area contributed by atoms with E-state index in [-0.39, 0.29) is 0 Å². The molecule has 0 saturated carbocycles. The highest BCUT2D eigenvalue weighted by Crippen LogP contribution is 2.21. The quantitative estimate of drug-likeness (QED) is 0.781. The molecule has 0 amide bonds. The number of ether oxygens (including phenoxy) is 1. The summed E-state index contributed by atoms with van der Waals surface area (Å²) >= 11 is 0. The topological polar surface area (TPSA) is 63.6 Å². The smallest absolute Gasteiger partial charge is 0.267 e. The van der Waals surface area contributed by atoms with E-state index in [1.165, 1.54) is 6.92 Å². The number of rotatable bonds is 7. The van der Waals surface area contributed by atoms with Crippen LogP contribution in [0.1, 0.15) is 25.3 Å². The standard InChI is InChI=1S/C17H20O4S/c1-14(22(18,19)20)6-5-7-15-10-12-17(13-11-15)21-16-8-3-2-4-9-16/h2-4,8-14H,5-7H2,1H3,(H,18,19,20). The monoisotopic (exact) mass is 320 g/mol. The summed E-state index contributed by atoms with van der Waals surface area (Å²) in [5.74, 6) is 1.55. The first kappa shape index (κ1) is 16.5. The maximum absolute atomic E-state index is 10.9. The van der Waals surface area contributed by atoms with E-state index in [1.807, 2.05) is 54.6 Å².